The van der Waals surface area contributed by atoms with E-state index in [-0.39, 0.29) is 6.10 Å². The van der Waals surface area contributed by atoms with Crippen LogP contribution in [0.15, 0.2) is 0 Å². The van der Waals surface area contributed by atoms with Gasteiger partial charge in [-0.2, -0.15) is 0 Å². The van der Waals surface area contributed by atoms with Gasteiger partial charge in [0.05, 0.1) is 6.10 Å². The third-order valence-electron chi connectivity index (χ3n) is 2.50. The molecule has 0 radical (unpaired) electrons. The second-order valence-electron chi connectivity index (χ2n) is 3.48. The van der Waals surface area contributed by atoms with Crippen molar-refractivity contribution in [2.75, 3.05) is 13.1 Å². The van der Waals surface area contributed by atoms with E-state index in [1.165, 1.54) is 12.8 Å². The molecule has 0 aromatic rings. The number of hydrogen-bond acceptors (Lipinski definition) is 2. The summed E-state index contributed by atoms with van der Waals surface area (Å²) in [6.45, 7) is 4.35. The fraction of sp³-hybridized carbons (Fsp3) is 1.00. The Morgan fingerprint density at radius 3 is 2.45 bits per heavy atom. The van der Waals surface area contributed by atoms with Gasteiger partial charge in [0, 0.05) is 0 Å². The maximum Gasteiger partial charge on any atom is 0.0540 e. The molecule has 0 heterocycles. The van der Waals surface area contributed by atoms with Crippen molar-refractivity contribution in [1.29, 1.82) is 0 Å². The van der Waals surface area contributed by atoms with Gasteiger partial charge in [-0.1, -0.05) is 6.92 Å². The Bertz CT molecular complexity index is 95.0. The predicted octanol–water partition coefficient (Wildman–Crippen LogP) is 1.15. The van der Waals surface area contributed by atoms with E-state index in [4.69, 9.17) is 0 Å². The summed E-state index contributed by atoms with van der Waals surface area (Å²) in [6, 6.07) is 0. The van der Waals surface area contributed by atoms with Gasteiger partial charge >= 0.3 is 0 Å². The minimum absolute atomic E-state index is 0.00660. The van der Waals surface area contributed by atoms with Crippen LogP contribution in [0.2, 0.25) is 0 Å². The van der Waals surface area contributed by atoms with Gasteiger partial charge in [-0.25, -0.2) is 0 Å². The van der Waals surface area contributed by atoms with Crippen LogP contribution in [0.4, 0.5) is 0 Å². The molecule has 2 heteroatoms. The van der Waals surface area contributed by atoms with Crippen LogP contribution in [0.5, 0.6) is 0 Å². The summed E-state index contributed by atoms with van der Waals surface area (Å²) in [7, 11) is 0. The van der Waals surface area contributed by atoms with E-state index >= 15 is 0 Å². The summed E-state index contributed by atoms with van der Waals surface area (Å²) in [5.74, 6) is 0.818. The van der Waals surface area contributed by atoms with Gasteiger partial charge in [0.25, 0.3) is 0 Å². The van der Waals surface area contributed by atoms with Crippen molar-refractivity contribution in [2.45, 2.75) is 38.7 Å². The first-order valence-electron chi connectivity index (χ1n) is 4.71. The standard InChI is InChI=1S/C9H19NO/c1-2-10-7-8-3-5-9(11)6-4-8/h8-11H,2-7H2,1H3. The lowest BCUT2D eigenvalue weighted by atomic mass is 9.87. The average Bonchev–Trinajstić information content (AvgIpc) is 2.04. The van der Waals surface area contributed by atoms with Crippen molar-refractivity contribution in [3.05, 3.63) is 0 Å². The Morgan fingerprint density at radius 2 is 1.91 bits per heavy atom. The Labute approximate surface area is 69.0 Å². The number of aliphatic hydroxyl groups excluding tert-OH is 1. The van der Waals surface area contributed by atoms with Gasteiger partial charge in [-0.15, -0.1) is 0 Å². The molecular formula is C9H19NO. The van der Waals surface area contributed by atoms with E-state index in [1.807, 2.05) is 0 Å². The molecule has 1 aliphatic carbocycles. The van der Waals surface area contributed by atoms with Crippen LogP contribution < -0.4 is 5.32 Å². The van der Waals surface area contributed by atoms with Crippen LogP contribution in [0.1, 0.15) is 32.6 Å². The monoisotopic (exact) mass is 157 g/mol. The molecule has 2 N–H and O–H groups in total. The van der Waals surface area contributed by atoms with Gasteiger partial charge < -0.3 is 10.4 Å². The highest BCUT2D eigenvalue weighted by molar-refractivity contribution is 4.72. The molecule has 0 aliphatic heterocycles. The van der Waals surface area contributed by atoms with Crippen LogP contribution in [-0.4, -0.2) is 24.3 Å². The Hall–Kier alpha value is -0.0800. The van der Waals surface area contributed by atoms with E-state index in [0.29, 0.717) is 0 Å². The lowest BCUT2D eigenvalue weighted by Crippen LogP contribution is -2.27. The molecule has 1 rings (SSSR count). The molecule has 0 aromatic heterocycles. The van der Waals surface area contributed by atoms with Crippen LogP contribution in [0.25, 0.3) is 0 Å². The average molecular weight is 157 g/mol. The second kappa shape index (κ2) is 4.73. The third-order valence-corrected chi connectivity index (χ3v) is 2.50. The van der Waals surface area contributed by atoms with Gasteiger partial charge in [0.15, 0.2) is 0 Å². The highest BCUT2D eigenvalue weighted by Crippen LogP contribution is 2.23. The van der Waals surface area contributed by atoms with Crippen molar-refractivity contribution in [3.63, 3.8) is 0 Å². The van der Waals surface area contributed by atoms with E-state index in [0.717, 1.165) is 31.8 Å². The Kier molecular flexibility index (Phi) is 3.87. The first-order chi connectivity index (χ1) is 5.33. The molecule has 0 aromatic carbocycles. The van der Waals surface area contributed by atoms with Crippen molar-refractivity contribution < 1.29 is 5.11 Å². The number of hydrogen-bond donors (Lipinski definition) is 2. The smallest absolute Gasteiger partial charge is 0.0540 e. The number of nitrogens with one attached hydrogen (secondary N) is 1. The molecule has 0 saturated heterocycles. The molecule has 2 nitrogen and oxygen atoms in total. The molecule has 1 aliphatic rings. The van der Waals surface area contributed by atoms with E-state index < -0.39 is 0 Å². The van der Waals surface area contributed by atoms with Crippen molar-refractivity contribution in [3.8, 4) is 0 Å². The summed E-state index contributed by atoms with van der Waals surface area (Å²) in [5, 5.41) is 12.6. The van der Waals surface area contributed by atoms with Crippen molar-refractivity contribution >= 4 is 0 Å². The van der Waals surface area contributed by atoms with E-state index in [1.54, 1.807) is 0 Å². The number of rotatable bonds is 3. The fourth-order valence-corrected chi connectivity index (χ4v) is 1.70. The first-order valence-corrected chi connectivity index (χ1v) is 4.71. The summed E-state index contributed by atoms with van der Waals surface area (Å²) < 4.78 is 0. The zero-order valence-electron chi connectivity index (χ0n) is 7.34. The van der Waals surface area contributed by atoms with Gasteiger partial charge in [-0.3, -0.25) is 0 Å². The van der Waals surface area contributed by atoms with Crippen LogP contribution >= 0.6 is 0 Å². The highest BCUT2D eigenvalue weighted by Gasteiger charge is 2.18. The fourth-order valence-electron chi connectivity index (χ4n) is 1.70. The highest BCUT2D eigenvalue weighted by atomic mass is 16.3. The lowest BCUT2D eigenvalue weighted by molar-refractivity contribution is 0.108. The van der Waals surface area contributed by atoms with Crippen LogP contribution in [0.3, 0.4) is 0 Å². The first kappa shape index (κ1) is 9.01. The summed E-state index contributed by atoms with van der Waals surface area (Å²) in [5.41, 5.74) is 0. The molecule has 11 heavy (non-hydrogen) atoms. The second-order valence-corrected chi connectivity index (χ2v) is 3.48. The zero-order valence-corrected chi connectivity index (χ0v) is 7.34. The Balaban J connectivity index is 2.07. The minimum Gasteiger partial charge on any atom is -0.393 e. The molecular weight excluding hydrogens is 138 g/mol. The molecule has 1 saturated carbocycles. The van der Waals surface area contributed by atoms with Crippen molar-refractivity contribution in [2.24, 2.45) is 5.92 Å². The van der Waals surface area contributed by atoms with Gasteiger partial charge in [0.1, 0.15) is 0 Å². The molecule has 0 amide bonds. The van der Waals surface area contributed by atoms with Crippen molar-refractivity contribution in [1.82, 2.24) is 5.32 Å². The molecule has 66 valence electrons. The topological polar surface area (TPSA) is 32.3 Å². The van der Waals surface area contributed by atoms with Crippen LogP contribution in [0, 0.1) is 5.92 Å². The van der Waals surface area contributed by atoms with E-state index in [9.17, 15) is 5.11 Å². The van der Waals surface area contributed by atoms with Gasteiger partial charge in [-0.05, 0) is 44.7 Å². The Morgan fingerprint density at radius 1 is 1.27 bits per heavy atom. The third kappa shape index (κ3) is 3.21. The normalized spacial score (nSPS) is 32.2. The predicted molar refractivity (Wildman–Crippen MR) is 46.5 cm³/mol. The summed E-state index contributed by atoms with van der Waals surface area (Å²) >= 11 is 0. The van der Waals surface area contributed by atoms with Gasteiger partial charge in [0.2, 0.25) is 0 Å². The van der Waals surface area contributed by atoms with E-state index in [2.05, 4.69) is 12.2 Å². The minimum atomic E-state index is -0.00660. The zero-order chi connectivity index (χ0) is 8.10. The molecule has 0 atom stereocenters. The summed E-state index contributed by atoms with van der Waals surface area (Å²) in [4.78, 5) is 0. The quantitative estimate of drug-likeness (QED) is 0.644. The maximum absolute atomic E-state index is 9.23. The van der Waals surface area contributed by atoms with Crippen LogP contribution in [-0.2, 0) is 0 Å². The number of aliphatic hydroxyl groups is 1. The molecule has 0 unspecified atom stereocenters. The maximum atomic E-state index is 9.23. The molecule has 0 bridgehead atoms. The lowest BCUT2D eigenvalue weighted by Gasteiger charge is -2.25. The molecule has 0 spiro atoms. The SMILES string of the molecule is CCNCC1CCC(O)CC1. The largest absolute Gasteiger partial charge is 0.393 e. The molecule has 1 fully saturated rings. The summed E-state index contributed by atoms with van der Waals surface area (Å²) in [6.07, 6.45) is 4.42.